The summed E-state index contributed by atoms with van der Waals surface area (Å²) in [4.78, 5) is 17.3. The van der Waals surface area contributed by atoms with Crippen molar-refractivity contribution in [2.24, 2.45) is 5.92 Å². The Morgan fingerprint density at radius 1 is 0.919 bits per heavy atom. The van der Waals surface area contributed by atoms with Crippen LogP contribution in [0.15, 0.2) is 53.3 Å². The lowest BCUT2D eigenvalue weighted by atomic mass is 9.89. The molecule has 2 atom stereocenters. The average molecular weight is 505 g/mol. The molecule has 0 spiro atoms. The molecule has 1 aliphatic rings. The number of rotatable bonds is 11. The van der Waals surface area contributed by atoms with Gasteiger partial charge in [0.05, 0.1) is 24.1 Å². The molecule has 1 heterocycles. The third-order valence-electron chi connectivity index (χ3n) is 6.62. The van der Waals surface area contributed by atoms with Crippen molar-refractivity contribution in [2.75, 3.05) is 47.9 Å². The Morgan fingerprint density at radius 3 is 2.32 bits per heavy atom. The molecule has 2 aromatic carbocycles. The normalized spacial score (nSPS) is 14.3. The lowest BCUT2D eigenvalue weighted by molar-refractivity contribution is 0.194. The van der Waals surface area contributed by atoms with Crippen molar-refractivity contribution >= 4 is 0 Å². The highest BCUT2D eigenvalue weighted by Crippen LogP contribution is 2.34. The van der Waals surface area contributed by atoms with Gasteiger partial charge in [0.2, 0.25) is 0 Å². The minimum Gasteiger partial charge on any atom is -0.493 e. The average Bonchev–Trinajstić information content (AvgIpc) is 2.86. The predicted molar refractivity (Wildman–Crippen MR) is 149 cm³/mol. The molecule has 0 radical (unpaired) electrons. The van der Waals surface area contributed by atoms with E-state index in [9.17, 15) is 4.79 Å². The number of nitrogens with zero attached hydrogens (tertiary/aromatic N) is 4. The van der Waals surface area contributed by atoms with Gasteiger partial charge in [-0.3, -0.25) is 4.79 Å². The van der Waals surface area contributed by atoms with Gasteiger partial charge in [0.25, 0.3) is 5.56 Å². The summed E-state index contributed by atoms with van der Waals surface area (Å²) in [5.41, 5.74) is 4.71. The summed E-state index contributed by atoms with van der Waals surface area (Å²) in [7, 11) is 8.27. The topological polar surface area (TPSA) is 59.8 Å². The molecule has 2 unspecified atom stereocenters. The Balaban J connectivity index is 1.55. The molecule has 0 fully saturated rings. The zero-order valence-electron chi connectivity index (χ0n) is 23.0. The molecule has 1 aliphatic carbocycles. The zero-order chi connectivity index (χ0) is 26.5. The molecule has 198 valence electrons. The van der Waals surface area contributed by atoms with E-state index in [1.165, 1.54) is 10.2 Å². The van der Waals surface area contributed by atoms with Crippen LogP contribution in [0.2, 0.25) is 0 Å². The fourth-order valence-corrected chi connectivity index (χ4v) is 4.76. The summed E-state index contributed by atoms with van der Waals surface area (Å²) in [5, 5.41) is 4.84. The van der Waals surface area contributed by atoms with Crippen molar-refractivity contribution in [2.45, 2.75) is 39.2 Å². The van der Waals surface area contributed by atoms with Gasteiger partial charge >= 0.3 is 0 Å². The van der Waals surface area contributed by atoms with Crippen LogP contribution in [0.3, 0.4) is 0 Å². The molecule has 1 aromatic heterocycles. The van der Waals surface area contributed by atoms with Gasteiger partial charge in [-0.05, 0) is 102 Å². The number of fused-ring (bicyclic) bond motifs is 3. The molecule has 0 amide bonds. The van der Waals surface area contributed by atoms with Crippen LogP contribution < -0.4 is 15.0 Å². The molecule has 37 heavy (non-hydrogen) atoms. The smallest absolute Gasteiger partial charge is 0.271 e. The van der Waals surface area contributed by atoms with Crippen LogP contribution in [0.1, 0.15) is 31.4 Å². The SMILES string of the molecule is CC(COc1ccc2c(c1)-c1nn(-c3ccc(OC(C)CCN(C)C)cc3)c(=O)cc1CC2)CN(C)C. The van der Waals surface area contributed by atoms with E-state index in [1.807, 2.05) is 30.3 Å². The minimum absolute atomic E-state index is 0.108. The van der Waals surface area contributed by atoms with Crippen molar-refractivity contribution in [3.63, 3.8) is 0 Å². The third-order valence-corrected chi connectivity index (χ3v) is 6.62. The first-order valence-corrected chi connectivity index (χ1v) is 13.2. The van der Waals surface area contributed by atoms with E-state index in [1.54, 1.807) is 6.07 Å². The van der Waals surface area contributed by atoms with Gasteiger partial charge in [-0.15, -0.1) is 0 Å². The van der Waals surface area contributed by atoms with Crippen molar-refractivity contribution in [3.05, 3.63) is 70.0 Å². The van der Waals surface area contributed by atoms with E-state index < -0.39 is 0 Å². The fourth-order valence-electron chi connectivity index (χ4n) is 4.76. The maximum Gasteiger partial charge on any atom is 0.271 e. The Kier molecular flexibility index (Phi) is 8.67. The monoisotopic (exact) mass is 504 g/mol. The first-order chi connectivity index (χ1) is 17.7. The molecule has 7 heteroatoms. The molecule has 3 aromatic rings. The first kappa shape index (κ1) is 26.9. The summed E-state index contributed by atoms with van der Waals surface area (Å²) in [5.74, 6) is 2.04. The number of hydrogen-bond acceptors (Lipinski definition) is 6. The Hall–Kier alpha value is -3.16. The van der Waals surface area contributed by atoms with Gasteiger partial charge < -0.3 is 19.3 Å². The van der Waals surface area contributed by atoms with Crippen LogP contribution in [0, 0.1) is 5.92 Å². The molecular formula is C30H40N4O3. The Labute approximate surface area is 220 Å². The summed E-state index contributed by atoms with van der Waals surface area (Å²) in [6.07, 6.45) is 2.75. The van der Waals surface area contributed by atoms with E-state index in [0.717, 1.165) is 66.4 Å². The molecule has 7 nitrogen and oxygen atoms in total. The van der Waals surface area contributed by atoms with E-state index in [4.69, 9.17) is 14.6 Å². The van der Waals surface area contributed by atoms with Crippen LogP contribution in [-0.4, -0.2) is 73.6 Å². The number of ether oxygens (including phenoxy) is 2. The van der Waals surface area contributed by atoms with E-state index in [2.05, 4.69) is 64.0 Å². The number of aryl methyl sites for hydroxylation is 2. The molecule has 0 bridgehead atoms. The van der Waals surface area contributed by atoms with Crippen LogP contribution >= 0.6 is 0 Å². The Bertz CT molecular complexity index is 1250. The number of aromatic nitrogens is 2. The standard InChI is InChI=1S/C30H40N4O3/c1-21(19-33(5)6)20-36-27-12-9-23-7-8-24-17-29(35)34(31-30(24)28(23)18-27)25-10-13-26(14-11-25)37-22(2)15-16-32(3)4/h9-14,17-18,21-22H,7-8,15-16,19-20H2,1-6H3. The van der Waals surface area contributed by atoms with Crippen LogP contribution in [0.5, 0.6) is 11.5 Å². The minimum atomic E-state index is -0.125. The van der Waals surface area contributed by atoms with Crippen molar-refractivity contribution in [1.29, 1.82) is 0 Å². The summed E-state index contributed by atoms with van der Waals surface area (Å²) < 4.78 is 13.7. The van der Waals surface area contributed by atoms with Crippen molar-refractivity contribution in [1.82, 2.24) is 19.6 Å². The summed E-state index contributed by atoms with van der Waals surface area (Å²) in [6, 6.07) is 15.6. The lowest BCUT2D eigenvalue weighted by Crippen LogP contribution is -2.24. The van der Waals surface area contributed by atoms with Crippen LogP contribution in [-0.2, 0) is 12.8 Å². The number of hydrogen-bond donors (Lipinski definition) is 0. The highest BCUT2D eigenvalue weighted by Gasteiger charge is 2.21. The fraction of sp³-hybridized carbons (Fsp3) is 0.467. The molecule has 0 saturated heterocycles. The molecule has 0 saturated carbocycles. The molecule has 4 rings (SSSR count). The van der Waals surface area contributed by atoms with Crippen molar-refractivity contribution in [3.8, 4) is 28.4 Å². The van der Waals surface area contributed by atoms with E-state index in [-0.39, 0.29) is 11.7 Å². The van der Waals surface area contributed by atoms with E-state index >= 15 is 0 Å². The highest BCUT2D eigenvalue weighted by molar-refractivity contribution is 5.70. The van der Waals surface area contributed by atoms with Gasteiger partial charge in [-0.25, -0.2) is 0 Å². The van der Waals surface area contributed by atoms with Gasteiger partial charge in [0, 0.05) is 30.6 Å². The van der Waals surface area contributed by atoms with Gasteiger partial charge in [-0.1, -0.05) is 13.0 Å². The summed E-state index contributed by atoms with van der Waals surface area (Å²) >= 11 is 0. The first-order valence-electron chi connectivity index (χ1n) is 13.2. The molecule has 0 N–H and O–H groups in total. The third kappa shape index (κ3) is 6.99. The Morgan fingerprint density at radius 2 is 1.62 bits per heavy atom. The highest BCUT2D eigenvalue weighted by atomic mass is 16.5. The van der Waals surface area contributed by atoms with E-state index in [0.29, 0.717) is 12.5 Å². The molecule has 0 aliphatic heterocycles. The van der Waals surface area contributed by atoms with Gasteiger partial charge in [0.1, 0.15) is 11.5 Å². The predicted octanol–water partition coefficient (Wildman–Crippen LogP) is 4.29. The number of benzene rings is 2. The second kappa shape index (κ2) is 11.9. The van der Waals surface area contributed by atoms with Crippen molar-refractivity contribution < 1.29 is 9.47 Å². The van der Waals surface area contributed by atoms with Crippen LogP contribution in [0.25, 0.3) is 16.9 Å². The largest absolute Gasteiger partial charge is 0.493 e. The second-order valence-electron chi connectivity index (χ2n) is 10.8. The summed E-state index contributed by atoms with van der Waals surface area (Å²) in [6.45, 7) is 6.86. The second-order valence-corrected chi connectivity index (χ2v) is 10.8. The lowest BCUT2D eigenvalue weighted by Gasteiger charge is -2.22. The van der Waals surface area contributed by atoms with Crippen LogP contribution in [0.4, 0.5) is 0 Å². The zero-order valence-corrected chi connectivity index (χ0v) is 23.0. The molecular weight excluding hydrogens is 464 g/mol. The van der Waals surface area contributed by atoms with Gasteiger partial charge in [-0.2, -0.15) is 9.78 Å². The maximum absolute atomic E-state index is 13.0. The van der Waals surface area contributed by atoms with Gasteiger partial charge in [0.15, 0.2) is 0 Å². The quantitative estimate of drug-likeness (QED) is 0.388. The maximum atomic E-state index is 13.0.